The quantitative estimate of drug-likeness (QED) is 0.502. The maximum Gasteiger partial charge on any atom is 0.127 e. The van der Waals surface area contributed by atoms with Crippen LogP contribution in [-0.4, -0.2) is 19.1 Å². The first-order chi connectivity index (χ1) is 9.86. The van der Waals surface area contributed by atoms with E-state index in [2.05, 4.69) is 19.1 Å². The first kappa shape index (κ1) is 15.0. The van der Waals surface area contributed by atoms with Gasteiger partial charge in [-0.2, -0.15) is 0 Å². The van der Waals surface area contributed by atoms with Gasteiger partial charge in [0.15, 0.2) is 0 Å². The third kappa shape index (κ3) is 3.80. The molecule has 0 saturated carbocycles. The molecule has 20 heavy (non-hydrogen) atoms. The van der Waals surface area contributed by atoms with Crippen molar-refractivity contribution in [3.63, 3.8) is 0 Å². The predicted molar refractivity (Wildman–Crippen MR) is 85.2 cm³/mol. The van der Waals surface area contributed by atoms with Gasteiger partial charge in [0.25, 0.3) is 0 Å². The summed E-state index contributed by atoms with van der Waals surface area (Å²) in [4.78, 5) is 0. The molecule has 0 spiro atoms. The number of ether oxygens (including phenoxy) is 2. The van der Waals surface area contributed by atoms with E-state index in [-0.39, 0.29) is 0 Å². The Labute approximate surface area is 125 Å². The van der Waals surface area contributed by atoms with Gasteiger partial charge in [-0.05, 0) is 18.6 Å². The highest BCUT2D eigenvalue weighted by molar-refractivity contribution is 6.18. The van der Waals surface area contributed by atoms with Crippen molar-refractivity contribution in [3.05, 3.63) is 36.4 Å². The fraction of sp³-hybridized carbons (Fsp3) is 0.412. The van der Waals surface area contributed by atoms with E-state index >= 15 is 0 Å². The van der Waals surface area contributed by atoms with E-state index in [9.17, 15) is 0 Å². The van der Waals surface area contributed by atoms with Crippen LogP contribution in [0.15, 0.2) is 36.4 Å². The summed E-state index contributed by atoms with van der Waals surface area (Å²) in [6.07, 6.45) is 3.50. The van der Waals surface area contributed by atoms with Crippen LogP contribution in [0.25, 0.3) is 10.8 Å². The molecule has 0 unspecified atom stereocenters. The second kappa shape index (κ2) is 8.01. The Hall–Kier alpha value is -1.41. The van der Waals surface area contributed by atoms with Gasteiger partial charge in [0.05, 0.1) is 12.5 Å². The molecule has 0 aliphatic carbocycles. The van der Waals surface area contributed by atoms with Crippen molar-refractivity contribution < 1.29 is 9.47 Å². The van der Waals surface area contributed by atoms with E-state index in [0.29, 0.717) is 12.5 Å². The lowest BCUT2D eigenvalue weighted by Crippen LogP contribution is -2.01. The van der Waals surface area contributed by atoms with Gasteiger partial charge in [-0.25, -0.2) is 0 Å². The molecule has 0 aromatic heterocycles. The lowest BCUT2D eigenvalue weighted by Gasteiger charge is -2.13. The van der Waals surface area contributed by atoms with Crippen LogP contribution < -0.4 is 9.47 Å². The summed E-state index contributed by atoms with van der Waals surface area (Å²) < 4.78 is 11.6. The molecule has 2 nitrogen and oxygen atoms in total. The maximum absolute atomic E-state index is 5.90. The second-order valence-electron chi connectivity index (χ2n) is 4.70. The third-order valence-electron chi connectivity index (χ3n) is 3.18. The minimum absolute atomic E-state index is 0.490. The van der Waals surface area contributed by atoms with E-state index in [4.69, 9.17) is 21.1 Å². The largest absolute Gasteiger partial charge is 0.493 e. The van der Waals surface area contributed by atoms with E-state index in [1.165, 1.54) is 12.8 Å². The van der Waals surface area contributed by atoms with Gasteiger partial charge >= 0.3 is 0 Å². The van der Waals surface area contributed by atoms with Crippen LogP contribution >= 0.6 is 11.6 Å². The van der Waals surface area contributed by atoms with Gasteiger partial charge in [-0.3, -0.25) is 0 Å². The zero-order chi connectivity index (χ0) is 14.2. The topological polar surface area (TPSA) is 18.5 Å². The molecule has 0 amide bonds. The summed E-state index contributed by atoms with van der Waals surface area (Å²) in [7, 11) is 0. The SMILES string of the molecule is CCCCCOc1ccc(OCCCl)c2ccccc12. The Morgan fingerprint density at radius 3 is 2.00 bits per heavy atom. The summed E-state index contributed by atoms with van der Waals surface area (Å²) in [5, 5.41) is 2.17. The van der Waals surface area contributed by atoms with Crippen molar-refractivity contribution in [3.8, 4) is 11.5 Å². The monoisotopic (exact) mass is 292 g/mol. The van der Waals surface area contributed by atoms with Crippen molar-refractivity contribution >= 4 is 22.4 Å². The number of benzene rings is 2. The first-order valence-corrected chi connectivity index (χ1v) is 7.73. The molecule has 0 aliphatic heterocycles. The highest BCUT2D eigenvalue weighted by Gasteiger charge is 2.07. The van der Waals surface area contributed by atoms with E-state index < -0.39 is 0 Å². The fourth-order valence-electron chi connectivity index (χ4n) is 2.18. The van der Waals surface area contributed by atoms with Gasteiger partial charge in [0.1, 0.15) is 18.1 Å². The Balaban J connectivity index is 2.19. The molecule has 0 saturated heterocycles. The van der Waals surface area contributed by atoms with Gasteiger partial charge < -0.3 is 9.47 Å². The molecule has 0 radical (unpaired) electrons. The summed E-state index contributed by atoms with van der Waals surface area (Å²) in [5.41, 5.74) is 0. The number of hydrogen-bond acceptors (Lipinski definition) is 2. The molecule has 0 heterocycles. The molecule has 0 N–H and O–H groups in total. The van der Waals surface area contributed by atoms with E-state index in [1.807, 2.05) is 24.3 Å². The summed E-state index contributed by atoms with van der Waals surface area (Å²) in [6.45, 7) is 3.47. The second-order valence-corrected chi connectivity index (χ2v) is 5.08. The standard InChI is InChI=1S/C17H21ClO2/c1-2-3-6-12-19-16-9-10-17(20-13-11-18)15-8-5-4-7-14(15)16/h4-5,7-10H,2-3,6,11-13H2,1H3. The van der Waals surface area contributed by atoms with Gasteiger partial charge in [0, 0.05) is 10.8 Å². The number of fused-ring (bicyclic) bond motifs is 1. The normalized spacial score (nSPS) is 10.7. The fourth-order valence-corrected chi connectivity index (χ4v) is 2.26. The number of alkyl halides is 1. The Morgan fingerprint density at radius 1 is 0.850 bits per heavy atom. The van der Waals surface area contributed by atoms with Gasteiger partial charge in [0.2, 0.25) is 0 Å². The predicted octanol–water partition coefficient (Wildman–Crippen LogP) is 5.03. The smallest absolute Gasteiger partial charge is 0.127 e. The molecular formula is C17H21ClO2. The molecule has 2 rings (SSSR count). The lowest BCUT2D eigenvalue weighted by molar-refractivity contribution is 0.308. The van der Waals surface area contributed by atoms with Crippen molar-refractivity contribution in [2.75, 3.05) is 19.1 Å². The Kier molecular flexibility index (Phi) is 6.00. The molecule has 2 aromatic carbocycles. The van der Waals surface area contributed by atoms with Crippen LogP contribution in [0.1, 0.15) is 26.2 Å². The molecular weight excluding hydrogens is 272 g/mol. The van der Waals surface area contributed by atoms with E-state index in [1.54, 1.807) is 0 Å². The van der Waals surface area contributed by atoms with Crippen molar-refractivity contribution in [1.29, 1.82) is 0 Å². The third-order valence-corrected chi connectivity index (χ3v) is 3.34. The average Bonchev–Trinajstić information content (AvgIpc) is 2.50. The van der Waals surface area contributed by atoms with Crippen molar-refractivity contribution in [2.24, 2.45) is 0 Å². The Bertz CT molecular complexity index is 540. The minimum atomic E-state index is 0.490. The van der Waals surface area contributed by atoms with Crippen LogP contribution in [0.5, 0.6) is 11.5 Å². The van der Waals surface area contributed by atoms with E-state index in [0.717, 1.165) is 35.3 Å². The molecule has 0 aliphatic rings. The highest BCUT2D eigenvalue weighted by Crippen LogP contribution is 2.33. The van der Waals surface area contributed by atoms with Crippen LogP contribution in [-0.2, 0) is 0 Å². The summed E-state index contributed by atoms with van der Waals surface area (Å²) in [6, 6.07) is 12.1. The molecule has 0 fully saturated rings. The summed E-state index contributed by atoms with van der Waals surface area (Å²) >= 11 is 5.68. The number of halogens is 1. The number of rotatable bonds is 8. The molecule has 0 bridgehead atoms. The van der Waals surface area contributed by atoms with Gasteiger partial charge in [-0.1, -0.05) is 44.0 Å². The average molecular weight is 293 g/mol. The molecule has 108 valence electrons. The van der Waals surface area contributed by atoms with Crippen molar-refractivity contribution in [2.45, 2.75) is 26.2 Å². The van der Waals surface area contributed by atoms with Crippen LogP contribution in [0.4, 0.5) is 0 Å². The van der Waals surface area contributed by atoms with Crippen molar-refractivity contribution in [1.82, 2.24) is 0 Å². The van der Waals surface area contributed by atoms with Crippen LogP contribution in [0.3, 0.4) is 0 Å². The summed E-state index contributed by atoms with van der Waals surface area (Å²) in [5.74, 6) is 2.28. The minimum Gasteiger partial charge on any atom is -0.493 e. The Morgan fingerprint density at radius 2 is 1.45 bits per heavy atom. The molecule has 0 atom stereocenters. The highest BCUT2D eigenvalue weighted by atomic mass is 35.5. The van der Waals surface area contributed by atoms with Crippen LogP contribution in [0.2, 0.25) is 0 Å². The zero-order valence-corrected chi connectivity index (χ0v) is 12.7. The maximum atomic E-state index is 5.90. The van der Waals surface area contributed by atoms with Crippen LogP contribution in [0, 0.1) is 0 Å². The number of hydrogen-bond donors (Lipinski definition) is 0. The zero-order valence-electron chi connectivity index (χ0n) is 11.9. The number of unbranched alkanes of at least 4 members (excludes halogenated alkanes) is 2. The lowest BCUT2D eigenvalue weighted by atomic mass is 10.1. The molecule has 2 aromatic rings. The van der Waals surface area contributed by atoms with Gasteiger partial charge in [-0.15, -0.1) is 11.6 Å². The first-order valence-electron chi connectivity index (χ1n) is 7.20. The molecule has 3 heteroatoms.